The van der Waals surface area contributed by atoms with Gasteiger partial charge in [0, 0.05) is 5.56 Å². The van der Waals surface area contributed by atoms with Gasteiger partial charge in [0.05, 0.1) is 12.1 Å². The molecule has 0 aliphatic heterocycles. The summed E-state index contributed by atoms with van der Waals surface area (Å²) in [6.07, 6.45) is 2.91. The Morgan fingerprint density at radius 1 is 1.35 bits per heavy atom. The van der Waals surface area contributed by atoms with E-state index in [1.807, 2.05) is 0 Å². The van der Waals surface area contributed by atoms with Gasteiger partial charge in [0.2, 0.25) is 0 Å². The Morgan fingerprint density at radius 2 is 2.00 bits per heavy atom. The van der Waals surface area contributed by atoms with Gasteiger partial charge < -0.3 is 15.0 Å². The van der Waals surface area contributed by atoms with E-state index in [0.717, 1.165) is 19.3 Å². The van der Waals surface area contributed by atoms with Crippen molar-refractivity contribution in [3.63, 3.8) is 0 Å². The molecule has 3 nitrogen and oxygen atoms in total. The molecule has 17 heavy (non-hydrogen) atoms. The Labute approximate surface area is 145 Å². The Hall–Kier alpha value is 0.286. The van der Waals surface area contributed by atoms with Crippen molar-refractivity contribution in [3.8, 4) is 0 Å². The molecule has 0 saturated heterocycles. The van der Waals surface area contributed by atoms with Crippen LogP contribution in [0.15, 0.2) is 24.3 Å². The molecule has 0 fully saturated rings. The number of aromatic carboxylic acids is 1. The smallest absolute Gasteiger partial charge is 0.545 e. The van der Waals surface area contributed by atoms with Crippen molar-refractivity contribution in [2.45, 2.75) is 38.7 Å². The minimum absolute atomic E-state index is 0. The van der Waals surface area contributed by atoms with E-state index in [9.17, 15) is 15.0 Å². The number of aliphatic hydroxyl groups is 1. The molecule has 1 rings (SSSR count). The largest absolute Gasteiger partial charge is 1.00 e. The minimum atomic E-state index is -1.23. The van der Waals surface area contributed by atoms with Crippen LogP contribution in [0.3, 0.4) is 0 Å². The third-order valence-electron chi connectivity index (χ3n) is 2.62. The second-order valence-electron chi connectivity index (χ2n) is 3.89. The third-order valence-corrected chi connectivity index (χ3v) is 2.62. The predicted molar refractivity (Wildman–Crippen MR) is 59.9 cm³/mol. The van der Waals surface area contributed by atoms with E-state index >= 15 is 0 Å². The first kappa shape index (κ1) is 17.3. The van der Waals surface area contributed by atoms with E-state index in [0.29, 0.717) is 12.0 Å². The van der Waals surface area contributed by atoms with Gasteiger partial charge >= 0.3 is 51.4 Å². The van der Waals surface area contributed by atoms with Gasteiger partial charge in [-0.2, -0.15) is 0 Å². The summed E-state index contributed by atoms with van der Waals surface area (Å²) >= 11 is 0. The number of aliphatic hydroxyl groups excluding tert-OH is 1. The van der Waals surface area contributed by atoms with E-state index < -0.39 is 12.1 Å². The summed E-state index contributed by atoms with van der Waals surface area (Å²) < 4.78 is 0. The zero-order valence-corrected chi connectivity index (χ0v) is 13.6. The molecule has 1 aromatic rings. The van der Waals surface area contributed by atoms with Gasteiger partial charge in [-0.1, -0.05) is 50.5 Å². The summed E-state index contributed by atoms with van der Waals surface area (Å²) in [6, 6.07) is 6.47. The summed E-state index contributed by atoms with van der Waals surface area (Å²) in [6.45, 7) is 2.08. The summed E-state index contributed by atoms with van der Waals surface area (Å²) in [5.74, 6) is -1.23. The molecule has 0 heterocycles. The minimum Gasteiger partial charge on any atom is -0.545 e. The van der Waals surface area contributed by atoms with Gasteiger partial charge in [0.15, 0.2) is 0 Å². The fraction of sp³-hybridized carbons (Fsp3) is 0.462. The van der Waals surface area contributed by atoms with E-state index in [1.54, 1.807) is 18.2 Å². The van der Waals surface area contributed by atoms with E-state index in [1.165, 1.54) is 6.07 Å². The van der Waals surface area contributed by atoms with Gasteiger partial charge in [-0.15, -0.1) is 0 Å². The SMILES string of the molecule is CCCCCC(O)c1ccccc1C(=O)[O-].[K+]. The molecule has 0 amide bonds. The van der Waals surface area contributed by atoms with Crippen LogP contribution in [-0.4, -0.2) is 11.1 Å². The Bertz CT molecular complexity index is 352. The molecule has 88 valence electrons. The number of carbonyl (C=O) groups is 1. The molecular weight excluding hydrogens is 243 g/mol. The summed E-state index contributed by atoms with van der Waals surface area (Å²) in [7, 11) is 0. The Balaban J connectivity index is 0.00000256. The number of carbonyl (C=O) groups excluding carboxylic acids is 1. The third kappa shape index (κ3) is 5.64. The molecule has 1 aromatic carbocycles. The van der Waals surface area contributed by atoms with Crippen molar-refractivity contribution in [3.05, 3.63) is 35.4 Å². The van der Waals surface area contributed by atoms with Crippen LogP contribution >= 0.6 is 0 Å². The zero-order chi connectivity index (χ0) is 12.0. The van der Waals surface area contributed by atoms with Crippen LogP contribution in [0.5, 0.6) is 0 Å². The summed E-state index contributed by atoms with van der Waals surface area (Å²) in [5.41, 5.74) is 0.546. The molecule has 0 bridgehead atoms. The molecule has 0 aromatic heterocycles. The molecule has 0 radical (unpaired) electrons. The van der Waals surface area contributed by atoms with Crippen LogP contribution in [0, 0.1) is 0 Å². The van der Waals surface area contributed by atoms with E-state index in [-0.39, 0.29) is 56.9 Å². The van der Waals surface area contributed by atoms with E-state index in [2.05, 4.69) is 6.92 Å². The maximum atomic E-state index is 10.8. The number of hydrogen-bond acceptors (Lipinski definition) is 3. The van der Waals surface area contributed by atoms with Crippen molar-refractivity contribution < 1.29 is 66.4 Å². The zero-order valence-electron chi connectivity index (χ0n) is 10.5. The molecule has 0 saturated carbocycles. The molecule has 1 unspecified atom stereocenters. The fourth-order valence-corrected chi connectivity index (χ4v) is 1.72. The van der Waals surface area contributed by atoms with Crippen molar-refractivity contribution in [1.29, 1.82) is 0 Å². The van der Waals surface area contributed by atoms with Crippen LogP contribution in [0.1, 0.15) is 54.6 Å². The maximum absolute atomic E-state index is 10.8. The van der Waals surface area contributed by atoms with Crippen LogP contribution < -0.4 is 56.5 Å². The topological polar surface area (TPSA) is 60.4 Å². The number of hydrogen-bond donors (Lipinski definition) is 1. The van der Waals surface area contributed by atoms with Gasteiger partial charge in [-0.05, 0) is 12.0 Å². The van der Waals surface area contributed by atoms with Crippen molar-refractivity contribution in [1.82, 2.24) is 0 Å². The average molecular weight is 260 g/mol. The maximum Gasteiger partial charge on any atom is 1.00 e. The summed E-state index contributed by atoms with van der Waals surface area (Å²) in [4.78, 5) is 10.8. The van der Waals surface area contributed by atoms with Crippen molar-refractivity contribution in [2.75, 3.05) is 0 Å². The van der Waals surface area contributed by atoms with Crippen molar-refractivity contribution >= 4 is 5.97 Å². The molecule has 0 aliphatic rings. The van der Waals surface area contributed by atoms with Crippen LogP contribution in [-0.2, 0) is 0 Å². The number of benzene rings is 1. The van der Waals surface area contributed by atoms with Gasteiger partial charge in [0.25, 0.3) is 0 Å². The monoisotopic (exact) mass is 260 g/mol. The molecule has 0 spiro atoms. The fourth-order valence-electron chi connectivity index (χ4n) is 1.72. The van der Waals surface area contributed by atoms with Crippen molar-refractivity contribution in [2.24, 2.45) is 0 Å². The average Bonchev–Trinajstić information content (AvgIpc) is 2.29. The molecule has 0 aliphatic carbocycles. The van der Waals surface area contributed by atoms with E-state index in [4.69, 9.17) is 0 Å². The van der Waals surface area contributed by atoms with Crippen LogP contribution in [0.2, 0.25) is 0 Å². The Morgan fingerprint density at radius 3 is 2.59 bits per heavy atom. The summed E-state index contributed by atoms with van der Waals surface area (Å²) in [5, 5.41) is 20.7. The standard InChI is InChI=1S/C13H18O3.K/c1-2-3-4-9-12(14)10-7-5-6-8-11(10)13(15)16;/h5-8,12,14H,2-4,9H2,1H3,(H,15,16);/q;+1/p-1. The molecule has 1 N–H and O–H groups in total. The van der Waals surface area contributed by atoms with Gasteiger partial charge in [-0.25, -0.2) is 0 Å². The second kappa shape index (κ2) is 9.25. The normalized spacial score (nSPS) is 11.6. The molecular formula is C13H17KO3. The molecule has 1 atom stereocenters. The first-order valence-electron chi connectivity index (χ1n) is 5.65. The quantitative estimate of drug-likeness (QED) is 0.509. The number of carboxylic acid groups (broad SMARTS) is 1. The van der Waals surface area contributed by atoms with Crippen LogP contribution in [0.25, 0.3) is 0 Å². The van der Waals surface area contributed by atoms with Gasteiger partial charge in [0.1, 0.15) is 0 Å². The number of rotatable bonds is 6. The number of unbranched alkanes of at least 4 members (excludes halogenated alkanes) is 2. The first-order chi connectivity index (χ1) is 7.66. The molecule has 4 heteroatoms. The first-order valence-corrected chi connectivity index (χ1v) is 5.65. The predicted octanol–water partition coefficient (Wildman–Crippen LogP) is -1.33. The van der Waals surface area contributed by atoms with Gasteiger partial charge in [-0.3, -0.25) is 0 Å². The van der Waals surface area contributed by atoms with Crippen LogP contribution in [0.4, 0.5) is 0 Å². The number of carboxylic acids is 1. The second-order valence-corrected chi connectivity index (χ2v) is 3.89. The Kier molecular flexibility index (Phi) is 9.40.